The molecule has 22 heavy (non-hydrogen) atoms. The van der Waals surface area contributed by atoms with E-state index in [-0.39, 0.29) is 5.97 Å². The average molecular weight is 304 g/mol. The molecule has 0 aromatic heterocycles. The zero-order chi connectivity index (χ0) is 16.4. The summed E-state index contributed by atoms with van der Waals surface area (Å²) < 4.78 is 4.64. The molecular weight excluding hydrogens is 272 g/mol. The Morgan fingerprint density at radius 3 is 1.91 bits per heavy atom. The van der Waals surface area contributed by atoms with Crippen LogP contribution in [0.5, 0.6) is 0 Å². The molecule has 2 nitrogen and oxygen atoms in total. The van der Waals surface area contributed by atoms with Crippen LogP contribution in [0.15, 0.2) is 12.1 Å². The second-order valence-electron chi connectivity index (χ2n) is 6.43. The van der Waals surface area contributed by atoms with Crippen molar-refractivity contribution >= 4 is 5.97 Å². The molecule has 0 saturated heterocycles. The van der Waals surface area contributed by atoms with E-state index in [0.717, 1.165) is 12.8 Å². The van der Waals surface area contributed by atoms with Crippen LogP contribution in [0.25, 0.3) is 0 Å². The zero-order valence-electron chi connectivity index (χ0n) is 14.8. The molecule has 0 aliphatic rings. The number of aryl methyl sites for hydroxylation is 3. The second-order valence-corrected chi connectivity index (χ2v) is 6.43. The number of rotatable bonds is 10. The molecule has 0 aliphatic carbocycles. The average Bonchev–Trinajstić information content (AvgIpc) is 2.47. The monoisotopic (exact) mass is 304 g/mol. The van der Waals surface area contributed by atoms with Gasteiger partial charge in [-0.2, -0.15) is 0 Å². The minimum atomic E-state index is -0.0798. The van der Waals surface area contributed by atoms with Gasteiger partial charge in [-0.25, -0.2) is 0 Å². The van der Waals surface area contributed by atoms with Crippen molar-refractivity contribution in [3.05, 3.63) is 34.4 Å². The fraction of sp³-hybridized carbons (Fsp3) is 0.650. The van der Waals surface area contributed by atoms with Gasteiger partial charge >= 0.3 is 5.97 Å². The Kier molecular flexibility index (Phi) is 8.88. The second kappa shape index (κ2) is 10.4. The Hall–Kier alpha value is -1.31. The summed E-state index contributed by atoms with van der Waals surface area (Å²) in [5, 5.41) is 0. The van der Waals surface area contributed by atoms with Crippen LogP contribution >= 0.6 is 0 Å². The normalized spacial score (nSPS) is 10.7. The van der Waals surface area contributed by atoms with Gasteiger partial charge in [0.25, 0.3) is 0 Å². The summed E-state index contributed by atoms with van der Waals surface area (Å²) in [6.45, 7) is 6.64. The van der Waals surface area contributed by atoms with Gasteiger partial charge in [0.15, 0.2) is 0 Å². The highest BCUT2D eigenvalue weighted by Crippen LogP contribution is 2.19. The van der Waals surface area contributed by atoms with E-state index < -0.39 is 0 Å². The van der Waals surface area contributed by atoms with Crippen molar-refractivity contribution in [2.45, 2.75) is 78.6 Å². The van der Waals surface area contributed by atoms with Gasteiger partial charge in [0.05, 0.1) is 7.11 Å². The highest BCUT2D eigenvalue weighted by Gasteiger charge is 2.04. The molecule has 1 aromatic carbocycles. The Morgan fingerprint density at radius 1 is 0.864 bits per heavy atom. The van der Waals surface area contributed by atoms with Crippen LogP contribution in [0.3, 0.4) is 0 Å². The lowest BCUT2D eigenvalue weighted by molar-refractivity contribution is -0.140. The number of methoxy groups -OCH3 is 1. The van der Waals surface area contributed by atoms with E-state index in [4.69, 9.17) is 0 Å². The molecule has 0 unspecified atom stereocenters. The fourth-order valence-corrected chi connectivity index (χ4v) is 3.16. The maximum Gasteiger partial charge on any atom is 0.305 e. The van der Waals surface area contributed by atoms with Crippen molar-refractivity contribution in [2.24, 2.45) is 0 Å². The van der Waals surface area contributed by atoms with E-state index >= 15 is 0 Å². The minimum Gasteiger partial charge on any atom is -0.469 e. The Balaban J connectivity index is 2.08. The molecule has 0 spiro atoms. The highest BCUT2D eigenvalue weighted by atomic mass is 16.5. The molecular formula is C20H32O2. The Bertz CT molecular complexity index is 440. The summed E-state index contributed by atoms with van der Waals surface area (Å²) >= 11 is 0. The van der Waals surface area contributed by atoms with Crippen LogP contribution in [0, 0.1) is 20.8 Å². The van der Waals surface area contributed by atoms with Gasteiger partial charge < -0.3 is 4.74 Å². The van der Waals surface area contributed by atoms with Crippen LogP contribution in [0.4, 0.5) is 0 Å². The topological polar surface area (TPSA) is 26.3 Å². The van der Waals surface area contributed by atoms with E-state index in [1.165, 1.54) is 62.3 Å². The molecule has 0 fully saturated rings. The van der Waals surface area contributed by atoms with E-state index in [0.29, 0.717) is 6.42 Å². The first kappa shape index (κ1) is 18.7. The van der Waals surface area contributed by atoms with Crippen LogP contribution in [-0.4, -0.2) is 13.1 Å². The van der Waals surface area contributed by atoms with Gasteiger partial charge in [0.1, 0.15) is 0 Å². The molecule has 1 aromatic rings. The quantitative estimate of drug-likeness (QED) is 0.424. The predicted molar refractivity (Wildman–Crippen MR) is 93.3 cm³/mol. The van der Waals surface area contributed by atoms with Crippen molar-refractivity contribution < 1.29 is 9.53 Å². The first-order valence-electron chi connectivity index (χ1n) is 8.68. The van der Waals surface area contributed by atoms with Crippen LogP contribution in [-0.2, 0) is 16.0 Å². The SMILES string of the molecule is COC(=O)CCCCCCCCCc1c(C)cc(C)cc1C. The summed E-state index contributed by atoms with van der Waals surface area (Å²) in [7, 11) is 1.46. The standard InChI is InChI=1S/C20H32O2/c1-16-14-17(2)19(18(3)15-16)12-10-8-6-5-7-9-11-13-20(21)22-4/h14-15H,5-13H2,1-4H3. The molecule has 0 aliphatic heterocycles. The molecule has 1 rings (SSSR count). The van der Waals surface area contributed by atoms with Crippen LogP contribution in [0.1, 0.15) is 73.6 Å². The summed E-state index contributed by atoms with van der Waals surface area (Å²) in [6.07, 6.45) is 10.3. The fourth-order valence-electron chi connectivity index (χ4n) is 3.16. The number of ether oxygens (including phenoxy) is 1. The van der Waals surface area contributed by atoms with Crippen molar-refractivity contribution in [3.8, 4) is 0 Å². The molecule has 0 bridgehead atoms. The van der Waals surface area contributed by atoms with E-state index in [1.54, 1.807) is 5.56 Å². The van der Waals surface area contributed by atoms with Gasteiger partial charge in [-0.05, 0) is 56.7 Å². The third-order valence-electron chi connectivity index (χ3n) is 4.38. The Morgan fingerprint density at radius 2 is 1.36 bits per heavy atom. The van der Waals surface area contributed by atoms with Crippen LogP contribution in [0.2, 0.25) is 0 Å². The van der Waals surface area contributed by atoms with Crippen molar-refractivity contribution in [1.29, 1.82) is 0 Å². The smallest absolute Gasteiger partial charge is 0.305 e. The van der Waals surface area contributed by atoms with Gasteiger partial charge in [-0.3, -0.25) is 4.79 Å². The molecule has 0 radical (unpaired) electrons. The molecule has 0 atom stereocenters. The number of hydrogen-bond donors (Lipinski definition) is 0. The van der Waals surface area contributed by atoms with Crippen molar-refractivity contribution in [1.82, 2.24) is 0 Å². The highest BCUT2D eigenvalue weighted by molar-refractivity contribution is 5.68. The summed E-state index contributed by atoms with van der Waals surface area (Å²) in [6, 6.07) is 4.59. The number of esters is 1. The molecule has 124 valence electrons. The molecule has 2 heteroatoms. The molecule has 0 saturated carbocycles. The summed E-state index contributed by atoms with van der Waals surface area (Å²) in [5.41, 5.74) is 5.80. The lowest BCUT2D eigenvalue weighted by Crippen LogP contribution is -1.99. The van der Waals surface area contributed by atoms with E-state index in [9.17, 15) is 4.79 Å². The largest absolute Gasteiger partial charge is 0.469 e. The van der Waals surface area contributed by atoms with Gasteiger partial charge in [0, 0.05) is 6.42 Å². The molecule has 0 heterocycles. The summed E-state index contributed by atoms with van der Waals surface area (Å²) in [4.78, 5) is 11.0. The minimum absolute atomic E-state index is 0.0798. The lowest BCUT2D eigenvalue weighted by atomic mass is 9.95. The lowest BCUT2D eigenvalue weighted by Gasteiger charge is -2.11. The van der Waals surface area contributed by atoms with Crippen LogP contribution < -0.4 is 0 Å². The molecule has 0 N–H and O–H groups in total. The molecule has 0 amide bonds. The van der Waals surface area contributed by atoms with Gasteiger partial charge in [0.2, 0.25) is 0 Å². The van der Waals surface area contributed by atoms with Crippen molar-refractivity contribution in [2.75, 3.05) is 7.11 Å². The number of carbonyl (C=O) groups is 1. The number of unbranched alkanes of at least 4 members (excludes halogenated alkanes) is 6. The predicted octanol–water partition coefficient (Wildman–Crippen LogP) is 5.45. The van der Waals surface area contributed by atoms with E-state index in [1.807, 2.05) is 0 Å². The third kappa shape index (κ3) is 7.11. The Labute approximate surface area is 136 Å². The maximum atomic E-state index is 11.0. The maximum absolute atomic E-state index is 11.0. The third-order valence-corrected chi connectivity index (χ3v) is 4.38. The number of carbonyl (C=O) groups excluding carboxylic acids is 1. The van der Waals surface area contributed by atoms with Gasteiger partial charge in [-0.15, -0.1) is 0 Å². The number of benzene rings is 1. The first-order valence-corrected chi connectivity index (χ1v) is 8.68. The van der Waals surface area contributed by atoms with E-state index in [2.05, 4.69) is 37.6 Å². The number of hydrogen-bond acceptors (Lipinski definition) is 2. The zero-order valence-corrected chi connectivity index (χ0v) is 14.8. The summed E-state index contributed by atoms with van der Waals surface area (Å²) in [5.74, 6) is -0.0798. The van der Waals surface area contributed by atoms with Gasteiger partial charge in [-0.1, -0.05) is 49.8 Å². The van der Waals surface area contributed by atoms with Crippen molar-refractivity contribution in [3.63, 3.8) is 0 Å². The first-order chi connectivity index (χ1) is 10.5.